The largest absolute Gasteiger partial charge is 0.415 e. The first-order chi connectivity index (χ1) is 19.0. The predicted octanol–water partition coefficient (Wildman–Crippen LogP) is 6.24. The lowest BCUT2D eigenvalue weighted by Crippen LogP contribution is -2.50. The van der Waals surface area contributed by atoms with Crippen LogP contribution in [-0.2, 0) is 17.5 Å². The monoisotopic (exact) mass is 675 g/mol. The average molecular weight is 677 g/mol. The van der Waals surface area contributed by atoms with Crippen LogP contribution in [0.2, 0.25) is 23.2 Å². The van der Waals surface area contributed by atoms with Gasteiger partial charge in [-0.05, 0) is 70.5 Å². The molecule has 41 heavy (non-hydrogen) atoms. The zero-order valence-corrected chi connectivity index (χ0v) is 26.1. The van der Waals surface area contributed by atoms with Crippen LogP contribution in [0.3, 0.4) is 0 Å². The zero-order chi connectivity index (χ0) is 30.3. The summed E-state index contributed by atoms with van der Waals surface area (Å²) < 4.78 is 66.1. The molecule has 0 saturated heterocycles. The number of hydrogen-bond acceptors (Lipinski definition) is 6. The van der Waals surface area contributed by atoms with Gasteiger partial charge in [0.15, 0.2) is 37.7 Å². The third-order valence-corrected chi connectivity index (χ3v) is 12.1. The minimum Gasteiger partial charge on any atom is -0.404 e. The molecule has 0 aliphatic heterocycles. The van der Waals surface area contributed by atoms with Gasteiger partial charge in [-0.25, -0.2) is 23.8 Å². The lowest BCUT2D eigenvalue weighted by molar-refractivity contribution is -0.202. The third-order valence-electron chi connectivity index (χ3n) is 6.82. The fourth-order valence-corrected chi connectivity index (χ4v) is 5.48. The summed E-state index contributed by atoms with van der Waals surface area (Å²) >= 11 is 9.21. The third kappa shape index (κ3) is 6.79. The quantitative estimate of drug-likeness (QED) is 0.162. The first kappa shape index (κ1) is 31.1. The maximum absolute atomic E-state index is 14.3. The van der Waals surface area contributed by atoms with E-state index in [1.165, 1.54) is 18.3 Å². The van der Waals surface area contributed by atoms with E-state index in [1.54, 1.807) is 37.4 Å². The first-order valence-corrected chi connectivity index (χ1v) is 16.5. The van der Waals surface area contributed by atoms with Gasteiger partial charge in [-0.2, -0.15) is 17.9 Å². The number of nitrogens with zero attached hydrogens (tertiary/aromatic N) is 7. The van der Waals surface area contributed by atoms with Crippen molar-refractivity contribution in [2.45, 2.75) is 64.3 Å². The van der Waals surface area contributed by atoms with Gasteiger partial charge in [-0.3, -0.25) is 4.57 Å². The summed E-state index contributed by atoms with van der Waals surface area (Å²) in [5.41, 5.74) is -0.465. The Balaban J connectivity index is 1.77. The summed E-state index contributed by atoms with van der Waals surface area (Å²) in [6, 6.07) is 8.80. The van der Waals surface area contributed by atoms with E-state index in [0.29, 0.717) is 10.6 Å². The van der Waals surface area contributed by atoms with Crippen LogP contribution in [0.15, 0.2) is 52.1 Å². The Morgan fingerprint density at radius 1 is 1.10 bits per heavy atom. The molecule has 0 aliphatic carbocycles. The molecule has 0 radical (unpaired) electrons. The molecule has 9 nitrogen and oxygen atoms in total. The first-order valence-electron chi connectivity index (χ1n) is 12.4. The molecule has 3 heterocycles. The van der Waals surface area contributed by atoms with Gasteiger partial charge in [0.2, 0.25) is 4.73 Å². The molecule has 4 aromatic rings. The Kier molecular flexibility index (Phi) is 8.65. The van der Waals surface area contributed by atoms with Gasteiger partial charge in [-0.1, -0.05) is 32.4 Å². The Bertz CT molecular complexity index is 1600. The Morgan fingerprint density at radius 2 is 1.76 bits per heavy atom. The molecule has 1 atom stereocenters. The van der Waals surface area contributed by atoms with Gasteiger partial charge in [0.05, 0.1) is 6.54 Å². The number of alkyl halides is 3. The predicted molar refractivity (Wildman–Crippen MR) is 151 cm³/mol. The van der Waals surface area contributed by atoms with Crippen molar-refractivity contribution in [3.63, 3.8) is 0 Å². The van der Waals surface area contributed by atoms with E-state index in [1.807, 2.05) is 20.8 Å². The molecule has 0 aliphatic rings. The van der Waals surface area contributed by atoms with E-state index in [2.05, 4.69) is 36.1 Å². The van der Waals surface area contributed by atoms with Crippen LogP contribution >= 0.6 is 27.5 Å². The van der Waals surface area contributed by atoms with Crippen molar-refractivity contribution in [1.29, 1.82) is 0 Å². The summed E-state index contributed by atoms with van der Waals surface area (Å²) in [5.74, 6) is -0.764. The second kappa shape index (κ2) is 11.4. The topological polar surface area (TPSA) is 92.7 Å². The van der Waals surface area contributed by atoms with Crippen molar-refractivity contribution in [3.05, 3.63) is 74.5 Å². The molecule has 0 spiro atoms. The average Bonchev–Trinajstić information content (AvgIpc) is 3.37. The minimum absolute atomic E-state index is 0.0194. The number of hydrogen-bond donors (Lipinski definition) is 0. The Labute approximate surface area is 247 Å². The highest BCUT2D eigenvalue weighted by atomic mass is 79.9. The maximum Gasteiger partial charge on any atom is 0.415 e. The van der Waals surface area contributed by atoms with Gasteiger partial charge in [-0.15, -0.1) is 10.2 Å². The molecule has 0 bridgehead atoms. The maximum atomic E-state index is 14.3. The lowest BCUT2D eigenvalue weighted by Gasteiger charge is -2.39. The summed E-state index contributed by atoms with van der Waals surface area (Å²) in [5, 5.41) is 8.44. The molecule has 4 rings (SSSR count). The van der Waals surface area contributed by atoms with Crippen molar-refractivity contribution in [2.75, 3.05) is 0 Å². The molecule has 0 N–H and O–H groups in total. The summed E-state index contributed by atoms with van der Waals surface area (Å²) in [6.07, 6.45) is -5.64. The van der Waals surface area contributed by atoms with Crippen LogP contribution in [0, 0.1) is 5.82 Å². The molecular formula is C25H27BrClF4N7O2Si. The molecular weight excluding hydrogens is 650 g/mol. The number of halogens is 6. The normalized spacial score (nSPS) is 13.5. The standard InChI is InChI=1S/C25H27BrClF4N7O2Si/c1-24(2,3)41(4,5)40-18(25(29,30)31)13-36-20(15-8-10-16(27)11-9-15)35-37(23(36)39)14-19-33-22(26)38(34-19)21-17(28)7-6-12-32-21/h6-12,18H,13-14H2,1-5H3. The van der Waals surface area contributed by atoms with Crippen molar-refractivity contribution in [3.8, 4) is 17.2 Å². The van der Waals surface area contributed by atoms with Crippen molar-refractivity contribution >= 4 is 35.8 Å². The SMILES string of the molecule is CC(C)(C)[Si](C)(C)OC(Cn1c(-c2ccc(Cl)cc2)nn(Cc2nc(Br)n(-c3ncccc3F)n2)c1=O)C(F)(F)F. The van der Waals surface area contributed by atoms with Gasteiger partial charge in [0, 0.05) is 16.8 Å². The number of rotatable bonds is 8. The van der Waals surface area contributed by atoms with Crippen LogP contribution < -0.4 is 5.69 Å². The van der Waals surface area contributed by atoms with Crippen molar-refractivity contribution < 1.29 is 22.0 Å². The summed E-state index contributed by atoms with van der Waals surface area (Å²) in [7, 11) is -2.89. The number of pyridine rings is 1. The molecule has 1 aromatic carbocycles. The smallest absolute Gasteiger partial charge is 0.404 e. The van der Waals surface area contributed by atoms with E-state index in [4.69, 9.17) is 16.0 Å². The molecule has 220 valence electrons. The zero-order valence-electron chi connectivity index (χ0n) is 22.7. The molecule has 0 fully saturated rings. The van der Waals surface area contributed by atoms with Crippen LogP contribution in [0.5, 0.6) is 0 Å². The summed E-state index contributed by atoms with van der Waals surface area (Å²) in [6.45, 7) is 7.78. The molecule has 0 amide bonds. The highest BCUT2D eigenvalue weighted by molar-refractivity contribution is 9.10. The van der Waals surface area contributed by atoms with Crippen molar-refractivity contribution in [1.82, 2.24) is 34.1 Å². The highest BCUT2D eigenvalue weighted by Crippen LogP contribution is 2.40. The van der Waals surface area contributed by atoms with Gasteiger partial charge in [0.25, 0.3) is 0 Å². The van der Waals surface area contributed by atoms with Crippen LogP contribution in [0.4, 0.5) is 17.6 Å². The van der Waals surface area contributed by atoms with Crippen molar-refractivity contribution in [2.24, 2.45) is 0 Å². The van der Waals surface area contributed by atoms with E-state index >= 15 is 0 Å². The second-order valence-electron chi connectivity index (χ2n) is 10.8. The second-order valence-corrected chi connectivity index (χ2v) is 16.7. The minimum atomic E-state index is -4.76. The molecule has 16 heteroatoms. The van der Waals surface area contributed by atoms with Crippen LogP contribution in [0.25, 0.3) is 17.2 Å². The fraction of sp³-hybridized carbons (Fsp3) is 0.400. The van der Waals surface area contributed by atoms with Gasteiger partial charge < -0.3 is 4.43 Å². The van der Waals surface area contributed by atoms with Crippen LogP contribution in [0.1, 0.15) is 26.6 Å². The van der Waals surface area contributed by atoms with E-state index < -0.39 is 43.7 Å². The van der Waals surface area contributed by atoms with Gasteiger partial charge in [0.1, 0.15) is 6.54 Å². The fourth-order valence-electron chi connectivity index (χ4n) is 3.63. The number of benzene rings is 1. The van der Waals surface area contributed by atoms with Gasteiger partial charge >= 0.3 is 11.9 Å². The summed E-state index contributed by atoms with van der Waals surface area (Å²) in [4.78, 5) is 21.7. The van der Waals surface area contributed by atoms with Crippen LogP contribution in [-0.4, -0.2) is 54.7 Å². The number of aromatic nitrogens is 7. The van der Waals surface area contributed by atoms with E-state index in [-0.39, 0.29) is 28.7 Å². The molecule has 0 saturated carbocycles. The van der Waals surface area contributed by atoms with E-state index in [0.717, 1.165) is 13.9 Å². The molecule has 3 aromatic heterocycles. The Morgan fingerprint density at radius 3 is 2.34 bits per heavy atom. The van der Waals surface area contributed by atoms with E-state index in [9.17, 15) is 22.4 Å². The highest BCUT2D eigenvalue weighted by Gasteiger charge is 2.48. The Hall–Kier alpha value is -2.88. The lowest BCUT2D eigenvalue weighted by atomic mass is 10.2. The molecule has 1 unspecified atom stereocenters.